The Morgan fingerprint density at radius 2 is 1.06 bits per heavy atom. The van der Waals surface area contributed by atoms with E-state index in [0.717, 1.165) is 76.8 Å². The molecule has 0 radical (unpaired) electrons. The van der Waals surface area contributed by atoms with Crippen LogP contribution in [-0.4, -0.2) is 19.5 Å². The minimum atomic E-state index is 0.558. The summed E-state index contributed by atoms with van der Waals surface area (Å²) < 4.78 is 8.92. The van der Waals surface area contributed by atoms with Crippen LogP contribution in [0.4, 0.5) is 0 Å². The summed E-state index contributed by atoms with van der Waals surface area (Å²) >= 11 is 0. The van der Waals surface area contributed by atoms with Gasteiger partial charge in [-0.1, -0.05) is 140 Å². The van der Waals surface area contributed by atoms with Crippen molar-refractivity contribution in [1.82, 2.24) is 19.5 Å². The maximum atomic E-state index is 6.72. The van der Waals surface area contributed by atoms with E-state index in [9.17, 15) is 0 Å². The Kier molecular flexibility index (Phi) is 5.81. The van der Waals surface area contributed by atoms with E-state index in [4.69, 9.17) is 19.4 Å². The van der Waals surface area contributed by atoms with Gasteiger partial charge in [0, 0.05) is 43.8 Å². The molecule has 0 saturated carbocycles. The molecule has 0 amide bonds. The first-order valence-electron chi connectivity index (χ1n) is 16.0. The van der Waals surface area contributed by atoms with Crippen LogP contribution in [0.3, 0.4) is 0 Å². The van der Waals surface area contributed by atoms with Gasteiger partial charge in [-0.05, 0) is 29.0 Å². The smallest absolute Gasteiger partial charge is 0.238 e. The molecule has 5 nitrogen and oxygen atoms in total. The number of para-hydroxylation sites is 3. The topological polar surface area (TPSA) is 56.7 Å². The molecular weight excluding hydrogens is 589 g/mol. The molecule has 0 fully saturated rings. The summed E-state index contributed by atoms with van der Waals surface area (Å²) in [6.07, 6.45) is 0. The summed E-state index contributed by atoms with van der Waals surface area (Å²) in [4.78, 5) is 15.3. The van der Waals surface area contributed by atoms with E-state index in [-0.39, 0.29) is 0 Å². The van der Waals surface area contributed by atoms with Crippen LogP contribution in [0.5, 0.6) is 0 Å². The molecule has 5 heteroatoms. The number of nitrogens with zero attached hydrogens (tertiary/aromatic N) is 4. The molecule has 0 bridgehead atoms. The van der Waals surface area contributed by atoms with Crippen LogP contribution in [0, 0.1) is 0 Å². The zero-order chi connectivity index (χ0) is 31.6. The van der Waals surface area contributed by atoms with Crippen molar-refractivity contribution in [3.8, 4) is 39.9 Å². The molecule has 224 valence electrons. The summed E-state index contributed by atoms with van der Waals surface area (Å²) in [6.45, 7) is 0. The number of benzene rings is 7. The molecule has 48 heavy (non-hydrogen) atoms. The van der Waals surface area contributed by atoms with Crippen molar-refractivity contribution in [3.63, 3.8) is 0 Å². The number of hydrogen-bond acceptors (Lipinski definition) is 4. The van der Waals surface area contributed by atoms with E-state index in [1.807, 2.05) is 72.8 Å². The lowest BCUT2D eigenvalue weighted by Gasteiger charge is -2.14. The van der Waals surface area contributed by atoms with Gasteiger partial charge in [-0.2, -0.15) is 9.97 Å². The van der Waals surface area contributed by atoms with E-state index in [1.165, 1.54) is 0 Å². The molecule has 10 aromatic rings. The Morgan fingerprint density at radius 1 is 0.458 bits per heavy atom. The van der Waals surface area contributed by atoms with Gasteiger partial charge < -0.3 is 4.42 Å². The molecule has 3 heterocycles. The van der Waals surface area contributed by atoms with E-state index in [0.29, 0.717) is 17.6 Å². The summed E-state index contributed by atoms with van der Waals surface area (Å²) in [5.41, 5.74) is 7.72. The number of furan rings is 1. The second kappa shape index (κ2) is 10.5. The highest BCUT2D eigenvalue weighted by Gasteiger charge is 2.23. The van der Waals surface area contributed by atoms with E-state index in [1.54, 1.807) is 0 Å². The van der Waals surface area contributed by atoms with Crippen LogP contribution in [-0.2, 0) is 0 Å². The van der Waals surface area contributed by atoms with Crippen molar-refractivity contribution in [2.45, 2.75) is 0 Å². The van der Waals surface area contributed by atoms with Crippen LogP contribution < -0.4 is 0 Å². The van der Waals surface area contributed by atoms with Gasteiger partial charge in [0.2, 0.25) is 5.95 Å². The van der Waals surface area contributed by atoms with Gasteiger partial charge in [0.15, 0.2) is 11.6 Å². The summed E-state index contributed by atoms with van der Waals surface area (Å²) in [5.74, 6) is 1.79. The quantitative estimate of drug-likeness (QED) is 0.198. The highest BCUT2D eigenvalue weighted by atomic mass is 16.3. The van der Waals surface area contributed by atoms with Crippen molar-refractivity contribution >= 4 is 54.5 Å². The van der Waals surface area contributed by atoms with Gasteiger partial charge in [-0.15, -0.1) is 0 Å². The second-order valence-electron chi connectivity index (χ2n) is 12.0. The Bertz CT molecular complexity index is 2780. The van der Waals surface area contributed by atoms with Crippen LogP contribution in [0.1, 0.15) is 0 Å². The first-order chi connectivity index (χ1) is 23.8. The van der Waals surface area contributed by atoms with Gasteiger partial charge >= 0.3 is 0 Å². The lowest BCUT2D eigenvalue weighted by Crippen LogP contribution is -2.07. The van der Waals surface area contributed by atoms with Crippen LogP contribution >= 0.6 is 0 Å². The Labute approximate surface area is 275 Å². The molecule has 0 aliphatic heterocycles. The molecule has 0 saturated heterocycles. The molecule has 7 aromatic carbocycles. The fourth-order valence-electron chi connectivity index (χ4n) is 7.12. The maximum Gasteiger partial charge on any atom is 0.238 e. The predicted octanol–water partition coefficient (Wildman–Crippen LogP) is 11.0. The fourth-order valence-corrected chi connectivity index (χ4v) is 7.12. The predicted molar refractivity (Wildman–Crippen MR) is 195 cm³/mol. The van der Waals surface area contributed by atoms with E-state index >= 15 is 0 Å². The van der Waals surface area contributed by atoms with Gasteiger partial charge in [-0.3, -0.25) is 4.57 Å². The third-order valence-electron chi connectivity index (χ3n) is 9.24. The molecule has 0 aliphatic rings. The van der Waals surface area contributed by atoms with Gasteiger partial charge in [0.05, 0.1) is 11.0 Å². The van der Waals surface area contributed by atoms with Gasteiger partial charge in [0.1, 0.15) is 11.2 Å². The fraction of sp³-hybridized carbons (Fsp3) is 0. The van der Waals surface area contributed by atoms with Crippen LogP contribution in [0.2, 0.25) is 0 Å². The van der Waals surface area contributed by atoms with E-state index < -0.39 is 0 Å². The molecule has 0 unspecified atom stereocenters. The molecule has 0 spiro atoms. The normalized spacial score (nSPS) is 11.8. The molecule has 0 atom stereocenters. The number of aromatic nitrogens is 4. The minimum absolute atomic E-state index is 0.558. The average Bonchev–Trinajstić information content (AvgIpc) is 3.70. The Balaban J connectivity index is 1.37. The minimum Gasteiger partial charge on any atom is -0.455 e. The largest absolute Gasteiger partial charge is 0.455 e. The lowest BCUT2D eigenvalue weighted by atomic mass is 9.93. The first kappa shape index (κ1) is 26.6. The van der Waals surface area contributed by atoms with Crippen molar-refractivity contribution in [2.75, 3.05) is 0 Å². The van der Waals surface area contributed by atoms with Crippen LogP contribution in [0.15, 0.2) is 162 Å². The number of rotatable bonds is 4. The molecule has 3 aromatic heterocycles. The average molecular weight is 615 g/mol. The number of hydrogen-bond donors (Lipinski definition) is 0. The summed E-state index contributed by atoms with van der Waals surface area (Å²) in [6, 6.07) is 54.3. The van der Waals surface area contributed by atoms with Crippen molar-refractivity contribution < 1.29 is 4.42 Å². The highest BCUT2D eigenvalue weighted by molar-refractivity contribution is 6.22. The third-order valence-corrected chi connectivity index (χ3v) is 9.24. The SMILES string of the molecule is c1ccc(-c2nc(-c3ccccc3)nc(-n3c4ccccc4c4cccc(-c5c6ccccc6cc6c5oc5ccccc56)c43)n2)cc1. The monoisotopic (exact) mass is 614 g/mol. The molecule has 0 aliphatic carbocycles. The number of fused-ring (bicyclic) bond motifs is 7. The third kappa shape index (κ3) is 4.01. The van der Waals surface area contributed by atoms with Crippen molar-refractivity contribution in [1.29, 1.82) is 0 Å². The molecular formula is C43H26N4O. The molecule has 0 N–H and O–H groups in total. The zero-order valence-corrected chi connectivity index (χ0v) is 25.7. The summed E-state index contributed by atoms with van der Waals surface area (Å²) in [7, 11) is 0. The standard InChI is InChI=1S/C43H26N4O/c1-3-14-27(15-4-1)41-44-42(28-16-5-2-6-17-28)46-43(45-41)47-36-24-11-9-20-31(36)33-22-13-23-34(39(33)47)38-30-19-8-7-18-29(30)26-35-32-21-10-12-25-37(32)48-40(35)38/h1-26H. The first-order valence-corrected chi connectivity index (χ1v) is 16.0. The summed E-state index contributed by atoms with van der Waals surface area (Å²) in [5, 5.41) is 6.71. The van der Waals surface area contributed by atoms with Gasteiger partial charge in [-0.25, -0.2) is 4.98 Å². The lowest BCUT2D eigenvalue weighted by molar-refractivity contribution is 0.670. The second-order valence-corrected chi connectivity index (χ2v) is 12.0. The Morgan fingerprint density at radius 3 is 1.81 bits per heavy atom. The van der Waals surface area contributed by atoms with Crippen molar-refractivity contribution in [3.05, 3.63) is 158 Å². The molecule has 10 rings (SSSR count). The van der Waals surface area contributed by atoms with Crippen LogP contribution in [0.25, 0.3) is 94.4 Å². The van der Waals surface area contributed by atoms with Gasteiger partial charge in [0.25, 0.3) is 0 Å². The zero-order valence-electron chi connectivity index (χ0n) is 25.7. The van der Waals surface area contributed by atoms with E-state index in [2.05, 4.69) is 89.5 Å². The maximum absolute atomic E-state index is 6.72. The highest BCUT2D eigenvalue weighted by Crippen LogP contribution is 2.45. The Hall–Kier alpha value is -6.59. The van der Waals surface area contributed by atoms with Crippen molar-refractivity contribution in [2.24, 2.45) is 0 Å².